The minimum absolute atomic E-state index is 0.246. The van der Waals surface area contributed by atoms with E-state index >= 15 is 0 Å². The number of halogens is 3. The van der Waals surface area contributed by atoms with Crippen molar-refractivity contribution in [3.8, 4) is 5.75 Å². The average Bonchev–Trinajstić information content (AvgIpc) is 2.60. The SMILES string of the molecule is COc1ccc(C(C)(C)CNC(=O)Nc2ccc(F)c(F)c2F)cc1. The van der Waals surface area contributed by atoms with Crippen LogP contribution in [0.3, 0.4) is 0 Å². The van der Waals surface area contributed by atoms with Crippen LogP contribution in [0.5, 0.6) is 5.75 Å². The fourth-order valence-corrected chi connectivity index (χ4v) is 2.23. The second kappa shape index (κ2) is 7.46. The second-order valence-electron chi connectivity index (χ2n) is 6.14. The normalized spacial score (nSPS) is 11.1. The van der Waals surface area contributed by atoms with Gasteiger partial charge in [0.05, 0.1) is 12.8 Å². The minimum atomic E-state index is -1.63. The van der Waals surface area contributed by atoms with E-state index in [1.807, 2.05) is 38.1 Å². The van der Waals surface area contributed by atoms with Gasteiger partial charge < -0.3 is 15.4 Å². The van der Waals surface area contributed by atoms with Gasteiger partial charge in [0.25, 0.3) is 0 Å². The molecule has 2 N–H and O–H groups in total. The zero-order chi connectivity index (χ0) is 18.6. The van der Waals surface area contributed by atoms with Crippen LogP contribution in [0.25, 0.3) is 0 Å². The van der Waals surface area contributed by atoms with Crippen molar-refractivity contribution in [2.75, 3.05) is 19.0 Å². The summed E-state index contributed by atoms with van der Waals surface area (Å²) in [6.45, 7) is 4.09. The molecular weight excluding hydrogens is 333 g/mol. The summed E-state index contributed by atoms with van der Waals surface area (Å²) in [4.78, 5) is 11.9. The molecule has 0 atom stereocenters. The van der Waals surface area contributed by atoms with Gasteiger partial charge >= 0.3 is 6.03 Å². The third-order valence-corrected chi connectivity index (χ3v) is 3.85. The number of urea groups is 1. The Morgan fingerprint density at radius 1 is 1.04 bits per heavy atom. The first-order valence-electron chi connectivity index (χ1n) is 7.57. The van der Waals surface area contributed by atoms with Crippen molar-refractivity contribution < 1.29 is 22.7 Å². The maximum absolute atomic E-state index is 13.6. The summed E-state index contributed by atoms with van der Waals surface area (Å²) in [7, 11) is 1.57. The molecule has 0 aromatic heterocycles. The molecule has 25 heavy (non-hydrogen) atoms. The van der Waals surface area contributed by atoms with E-state index in [1.54, 1.807) is 7.11 Å². The van der Waals surface area contributed by atoms with Crippen molar-refractivity contribution in [1.29, 1.82) is 0 Å². The molecule has 134 valence electrons. The van der Waals surface area contributed by atoms with Gasteiger partial charge in [-0.05, 0) is 29.8 Å². The second-order valence-corrected chi connectivity index (χ2v) is 6.14. The van der Waals surface area contributed by atoms with Crippen LogP contribution in [0.15, 0.2) is 36.4 Å². The highest BCUT2D eigenvalue weighted by molar-refractivity contribution is 5.89. The van der Waals surface area contributed by atoms with Gasteiger partial charge in [-0.25, -0.2) is 18.0 Å². The summed E-state index contributed by atoms with van der Waals surface area (Å²) < 4.78 is 44.7. The number of amides is 2. The molecule has 0 heterocycles. The van der Waals surface area contributed by atoms with Crippen molar-refractivity contribution >= 4 is 11.7 Å². The Kier molecular flexibility index (Phi) is 5.56. The van der Waals surface area contributed by atoms with Crippen molar-refractivity contribution in [3.63, 3.8) is 0 Å². The lowest BCUT2D eigenvalue weighted by atomic mass is 9.84. The molecule has 4 nitrogen and oxygen atoms in total. The van der Waals surface area contributed by atoms with Gasteiger partial charge in [0.1, 0.15) is 5.75 Å². The molecule has 0 fully saturated rings. The minimum Gasteiger partial charge on any atom is -0.497 e. The number of ether oxygens (including phenoxy) is 1. The zero-order valence-corrected chi connectivity index (χ0v) is 14.1. The van der Waals surface area contributed by atoms with Crippen LogP contribution in [-0.2, 0) is 5.41 Å². The van der Waals surface area contributed by atoms with Gasteiger partial charge in [0, 0.05) is 12.0 Å². The predicted octanol–water partition coefficient (Wildman–Crippen LogP) is 4.21. The van der Waals surface area contributed by atoms with E-state index in [2.05, 4.69) is 10.6 Å². The molecule has 7 heteroatoms. The van der Waals surface area contributed by atoms with Crippen LogP contribution in [0.1, 0.15) is 19.4 Å². The smallest absolute Gasteiger partial charge is 0.319 e. The van der Waals surface area contributed by atoms with Gasteiger partial charge in [-0.15, -0.1) is 0 Å². The van der Waals surface area contributed by atoms with Gasteiger partial charge in [-0.2, -0.15) is 0 Å². The molecule has 0 saturated carbocycles. The van der Waals surface area contributed by atoms with Crippen LogP contribution >= 0.6 is 0 Å². The summed E-state index contributed by atoms with van der Waals surface area (Å²) in [5, 5.41) is 4.76. The number of rotatable bonds is 5. The van der Waals surface area contributed by atoms with Gasteiger partial charge in [0.15, 0.2) is 17.5 Å². The largest absolute Gasteiger partial charge is 0.497 e. The third-order valence-electron chi connectivity index (χ3n) is 3.85. The van der Waals surface area contributed by atoms with E-state index in [0.29, 0.717) is 0 Å². The Morgan fingerprint density at radius 2 is 1.68 bits per heavy atom. The first-order chi connectivity index (χ1) is 11.7. The molecule has 2 aromatic carbocycles. The molecule has 0 aliphatic heterocycles. The molecule has 0 radical (unpaired) electrons. The molecule has 2 aromatic rings. The maximum atomic E-state index is 13.6. The van der Waals surface area contributed by atoms with Crippen molar-refractivity contribution in [3.05, 3.63) is 59.4 Å². The monoisotopic (exact) mass is 352 g/mol. The van der Waals surface area contributed by atoms with Crippen molar-refractivity contribution in [2.24, 2.45) is 0 Å². The number of carbonyl (C=O) groups is 1. The highest BCUT2D eigenvalue weighted by atomic mass is 19.2. The third kappa shape index (κ3) is 4.43. The van der Waals surface area contributed by atoms with Gasteiger partial charge in [-0.3, -0.25) is 0 Å². The van der Waals surface area contributed by atoms with Crippen LogP contribution in [-0.4, -0.2) is 19.7 Å². The quantitative estimate of drug-likeness (QED) is 0.792. The highest BCUT2D eigenvalue weighted by Crippen LogP contribution is 2.25. The van der Waals surface area contributed by atoms with Gasteiger partial charge in [0.2, 0.25) is 0 Å². The number of carbonyl (C=O) groups excluding carboxylic acids is 1. The van der Waals surface area contributed by atoms with E-state index in [0.717, 1.165) is 23.4 Å². The average molecular weight is 352 g/mol. The van der Waals surface area contributed by atoms with Crippen LogP contribution < -0.4 is 15.4 Å². The first-order valence-corrected chi connectivity index (χ1v) is 7.57. The fourth-order valence-electron chi connectivity index (χ4n) is 2.23. The lowest BCUT2D eigenvalue weighted by Gasteiger charge is -2.26. The number of methoxy groups -OCH3 is 1. The number of benzene rings is 2. The lowest BCUT2D eigenvalue weighted by Crippen LogP contribution is -2.39. The van der Waals surface area contributed by atoms with Gasteiger partial charge in [-0.1, -0.05) is 26.0 Å². The Hall–Kier alpha value is -2.70. The molecular formula is C18H19F3N2O2. The molecule has 2 amide bonds. The number of hydrogen-bond donors (Lipinski definition) is 2. The fraction of sp³-hybridized carbons (Fsp3) is 0.278. The van der Waals surface area contributed by atoms with E-state index < -0.39 is 34.6 Å². The van der Waals surface area contributed by atoms with E-state index in [-0.39, 0.29) is 6.54 Å². The molecule has 0 aliphatic carbocycles. The standard InChI is InChI=1S/C18H19F3N2O2/c1-18(2,11-4-6-12(25-3)7-5-11)10-22-17(24)23-14-9-8-13(19)15(20)16(14)21/h4-9H,10H2,1-3H3,(H2,22,23,24). The topological polar surface area (TPSA) is 50.4 Å². The summed E-state index contributed by atoms with van der Waals surface area (Å²) in [5.74, 6) is -3.66. The van der Waals surface area contributed by atoms with Crippen LogP contribution in [0.4, 0.5) is 23.7 Å². The molecule has 0 bridgehead atoms. The highest BCUT2D eigenvalue weighted by Gasteiger charge is 2.22. The molecule has 0 saturated heterocycles. The maximum Gasteiger partial charge on any atom is 0.319 e. The Balaban J connectivity index is 1.99. The predicted molar refractivity (Wildman–Crippen MR) is 89.4 cm³/mol. The van der Waals surface area contributed by atoms with E-state index in [1.165, 1.54) is 0 Å². The Labute approximate surface area is 144 Å². The number of nitrogens with one attached hydrogen (secondary N) is 2. The summed E-state index contributed by atoms with van der Waals surface area (Å²) >= 11 is 0. The molecule has 2 rings (SSSR count). The summed E-state index contributed by atoms with van der Waals surface area (Å²) in [5.41, 5.74) is 0.127. The zero-order valence-electron chi connectivity index (χ0n) is 14.1. The number of anilines is 1. The summed E-state index contributed by atoms with van der Waals surface area (Å²) in [6, 6.07) is 8.38. The van der Waals surface area contributed by atoms with E-state index in [4.69, 9.17) is 4.74 Å². The Morgan fingerprint density at radius 3 is 2.28 bits per heavy atom. The number of hydrogen-bond acceptors (Lipinski definition) is 2. The van der Waals surface area contributed by atoms with E-state index in [9.17, 15) is 18.0 Å². The summed E-state index contributed by atoms with van der Waals surface area (Å²) in [6.07, 6.45) is 0. The first kappa shape index (κ1) is 18.6. The van der Waals surface area contributed by atoms with Crippen LogP contribution in [0.2, 0.25) is 0 Å². The Bertz CT molecular complexity index is 762. The van der Waals surface area contributed by atoms with Crippen molar-refractivity contribution in [1.82, 2.24) is 5.32 Å². The molecule has 0 spiro atoms. The van der Waals surface area contributed by atoms with Crippen molar-refractivity contribution in [2.45, 2.75) is 19.3 Å². The molecule has 0 aliphatic rings. The lowest BCUT2D eigenvalue weighted by molar-refractivity contribution is 0.249. The van der Waals surface area contributed by atoms with Crippen LogP contribution in [0, 0.1) is 17.5 Å². The molecule has 0 unspecified atom stereocenters.